The van der Waals surface area contributed by atoms with Crippen LogP contribution in [0, 0.1) is 6.92 Å². The number of rotatable bonds is 6. The van der Waals surface area contributed by atoms with E-state index in [4.69, 9.17) is 0 Å². The molecule has 0 aromatic heterocycles. The molecule has 25 heavy (non-hydrogen) atoms. The van der Waals surface area contributed by atoms with Gasteiger partial charge in [0.15, 0.2) is 5.78 Å². The molecule has 2 rings (SSSR count). The van der Waals surface area contributed by atoms with Crippen molar-refractivity contribution in [2.75, 3.05) is 0 Å². The molecule has 0 bridgehead atoms. The smallest absolute Gasteiger partial charge is 0.321 e. The van der Waals surface area contributed by atoms with Crippen molar-refractivity contribution in [2.45, 2.75) is 47.0 Å². The van der Waals surface area contributed by atoms with Gasteiger partial charge in [0.1, 0.15) is 0 Å². The third kappa shape index (κ3) is 3.62. The summed E-state index contributed by atoms with van der Waals surface area (Å²) in [6.07, 6.45) is 1.56. The Kier molecular flexibility index (Phi) is 5.99. The summed E-state index contributed by atoms with van der Waals surface area (Å²) in [5.74, 6) is -0.172. The van der Waals surface area contributed by atoms with E-state index in [2.05, 4.69) is 0 Å². The van der Waals surface area contributed by atoms with Crippen LogP contribution in [0.5, 0.6) is 0 Å². The van der Waals surface area contributed by atoms with Crippen molar-refractivity contribution in [3.63, 3.8) is 0 Å². The van der Waals surface area contributed by atoms with Crippen LogP contribution in [0.3, 0.4) is 0 Å². The Labute approximate surface area is 149 Å². The molecule has 134 valence electrons. The second-order valence-corrected chi connectivity index (χ2v) is 7.62. The Balaban J connectivity index is 2.94. The number of ketones is 1. The molecule has 0 saturated carbocycles. The Morgan fingerprint density at radius 2 is 1.44 bits per heavy atom. The van der Waals surface area contributed by atoms with Crippen molar-refractivity contribution in [1.82, 2.24) is 0 Å². The van der Waals surface area contributed by atoms with Gasteiger partial charge in [-0.05, 0) is 48.4 Å². The first-order valence-electron chi connectivity index (χ1n) is 8.60. The van der Waals surface area contributed by atoms with E-state index in [-0.39, 0.29) is 11.1 Å². The fraction of sp³-hybridized carbons (Fsp3) is 0.350. The SMILES string of the molecule is CCc1c(C)c(CC)c(P(=O)(O)O)c(CC)c1C(=O)c1ccccc1. The summed E-state index contributed by atoms with van der Waals surface area (Å²) in [6.45, 7) is 7.56. The van der Waals surface area contributed by atoms with E-state index in [1.54, 1.807) is 24.3 Å². The first-order valence-corrected chi connectivity index (χ1v) is 10.2. The minimum absolute atomic E-state index is 0.0477. The fourth-order valence-electron chi connectivity index (χ4n) is 3.61. The van der Waals surface area contributed by atoms with Gasteiger partial charge in [0.2, 0.25) is 0 Å². The maximum Gasteiger partial charge on any atom is 0.356 e. The topological polar surface area (TPSA) is 74.6 Å². The number of hydrogen-bond donors (Lipinski definition) is 2. The largest absolute Gasteiger partial charge is 0.356 e. The third-order valence-electron chi connectivity index (χ3n) is 4.70. The standard InChI is InChI=1S/C20H25O4P/c1-5-15-13(4)16(6-2)20(25(22,23)24)17(7-3)18(15)19(21)14-11-9-8-10-12-14/h8-12H,5-7H2,1-4H3,(H2,22,23,24). The molecule has 2 N–H and O–H groups in total. The predicted molar refractivity (Wildman–Crippen MR) is 101 cm³/mol. The number of benzene rings is 2. The van der Waals surface area contributed by atoms with E-state index in [0.717, 1.165) is 11.1 Å². The Bertz CT molecular complexity index is 835. The van der Waals surface area contributed by atoms with Crippen molar-refractivity contribution in [3.8, 4) is 0 Å². The highest BCUT2D eigenvalue weighted by atomic mass is 31.2. The molecular weight excluding hydrogens is 335 g/mol. The molecule has 4 nitrogen and oxygen atoms in total. The van der Waals surface area contributed by atoms with Gasteiger partial charge in [0, 0.05) is 11.1 Å². The van der Waals surface area contributed by atoms with Gasteiger partial charge < -0.3 is 9.79 Å². The summed E-state index contributed by atoms with van der Waals surface area (Å²) in [6, 6.07) is 8.90. The Hall–Kier alpha value is -1.74. The Morgan fingerprint density at radius 1 is 0.920 bits per heavy atom. The van der Waals surface area contributed by atoms with Gasteiger partial charge in [-0.2, -0.15) is 0 Å². The minimum atomic E-state index is -4.49. The van der Waals surface area contributed by atoms with Gasteiger partial charge in [-0.1, -0.05) is 51.1 Å². The summed E-state index contributed by atoms with van der Waals surface area (Å²) < 4.78 is 12.2. The van der Waals surface area contributed by atoms with Crippen LogP contribution >= 0.6 is 7.60 Å². The summed E-state index contributed by atoms with van der Waals surface area (Å²) in [4.78, 5) is 33.1. The van der Waals surface area contributed by atoms with Gasteiger partial charge in [-0.15, -0.1) is 0 Å². The number of hydrogen-bond acceptors (Lipinski definition) is 2. The zero-order chi connectivity index (χ0) is 18.8. The molecule has 0 unspecified atom stereocenters. The summed E-state index contributed by atoms with van der Waals surface area (Å²) in [7, 11) is -4.49. The Morgan fingerprint density at radius 3 is 1.88 bits per heavy atom. The minimum Gasteiger partial charge on any atom is -0.321 e. The van der Waals surface area contributed by atoms with Crippen LogP contribution in [-0.2, 0) is 23.8 Å². The van der Waals surface area contributed by atoms with Crippen LogP contribution in [0.25, 0.3) is 0 Å². The van der Waals surface area contributed by atoms with Crippen LogP contribution in [0.1, 0.15) is 58.9 Å². The molecule has 0 aliphatic heterocycles. The molecule has 2 aromatic rings. The molecule has 0 radical (unpaired) electrons. The van der Waals surface area contributed by atoms with E-state index in [0.29, 0.717) is 41.5 Å². The number of carbonyl (C=O) groups excluding carboxylic acids is 1. The third-order valence-corrected chi connectivity index (χ3v) is 5.82. The monoisotopic (exact) mass is 360 g/mol. The van der Waals surface area contributed by atoms with E-state index in [9.17, 15) is 19.1 Å². The van der Waals surface area contributed by atoms with E-state index >= 15 is 0 Å². The molecular formula is C20H25O4P. The highest BCUT2D eigenvalue weighted by Crippen LogP contribution is 2.40. The fourth-order valence-corrected chi connectivity index (χ4v) is 4.91. The molecule has 0 saturated heterocycles. The zero-order valence-electron chi connectivity index (χ0n) is 15.2. The van der Waals surface area contributed by atoms with Gasteiger partial charge in [-0.3, -0.25) is 9.36 Å². The van der Waals surface area contributed by atoms with Crippen molar-refractivity contribution >= 4 is 18.7 Å². The van der Waals surface area contributed by atoms with E-state index in [1.165, 1.54) is 0 Å². The van der Waals surface area contributed by atoms with Crippen LogP contribution in [0.15, 0.2) is 30.3 Å². The average Bonchev–Trinajstić information content (AvgIpc) is 2.59. The van der Waals surface area contributed by atoms with Gasteiger partial charge >= 0.3 is 7.60 Å². The van der Waals surface area contributed by atoms with Crippen LogP contribution in [0.4, 0.5) is 0 Å². The molecule has 2 aromatic carbocycles. The molecule has 0 aliphatic carbocycles. The highest BCUT2D eigenvalue weighted by molar-refractivity contribution is 7.60. The molecule has 0 atom stereocenters. The molecule has 0 heterocycles. The van der Waals surface area contributed by atoms with Crippen molar-refractivity contribution in [3.05, 3.63) is 63.7 Å². The predicted octanol–water partition coefficient (Wildman–Crippen LogP) is 3.72. The lowest BCUT2D eigenvalue weighted by molar-refractivity contribution is 0.103. The first-order chi connectivity index (χ1) is 11.8. The van der Waals surface area contributed by atoms with Gasteiger partial charge in [-0.25, -0.2) is 0 Å². The van der Waals surface area contributed by atoms with Crippen molar-refractivity contribution in [1.29, 1.82) is 0 Å². The summed E-state index contributed by atoms with van der Waals surface area (Å²) in [5.41, 5.74) is 3.86. The van der Waals surface area contributed by atoms with Crippen LogP contribution in [-0.4, -0.2) is 15.6 Å². The molecule has 0 fully saturated rings. The molecule has 0 aliphatic rings. The van der Waals surface area contributed by atoms with Crippen molar-refractivity contribution in [2.24, 2.45) is 0 Å². The lowest BCUT2D eigenvalue weighted by atomic mass is 9.85. The lowest BCUT2D eigenvalue weighted by Gasteiger charge is -2.24. The summed E-state index contributed by atoms with van der Waals surface area (Å²) in [5, 5.41) is 0.0477. The first kappa shape index (κ1) is 19.6. The van der Waals surface area contributed by atoms with E-state index < -0.39 is 7.60 Å². The van der Waals surface area contributed by atoms with Gasteiger partial charge in [0.25, 0.3) is 0 Å². The average molecular weight is 360 g/mol. The van der Waals surface area contributed by atoms with Gasteiger partial charge in [0.05, 0.1) is 5.30 Å². The maximum absolute atomic E-state index is 13.2. The van der Waals surface area contributed by atoms with Crippen LogP contribution in [0.2, 0.25) is 0 Å². The van der Waals surface area contributed by atoms with E-state index in [1.807, 2.05) is 33.8 Å². The second-order valence-electron chi connectivity index (χ2n) is 6.08. The lowest BCUT2D eigenvalue weighted by Crippen LogP contribution is -2.25. The number of carbonyl (C=O) groups is 1. The summed E-state index contributed by atoms with van der Waals surface area (Å²) >= 11 is 0. The van der Waals surface area contributed by atoms with Crippen LogP contribution < -0.4 is 5.30 Å². The molecule has 0 amide bonds. The second kappa shape index (κ2) is 7.65. The molecule has 5 heteroatoms. The maximum atomic E-state index is 13.2. The van der Waals surface area contributed by atoms with Crippen molar-refractivity contribution < 1.29 is 19.1 Å². The zero-order valence-corrected chi connectivity index (χ0v) is 16.1. The highest BCUT2D eigenvalue weighted by Gasteiger charge is 2.32. The quantitative estimate of drug-likeness (QED) is 0.608. The molecule has 0 spiro atoms. The normalized spacial score (nSPS) is 11.6.